The van der Waals surface area contributed by atoms with Gasteiger partial charge in [-0.25, -0.2) is 0 Å². The summed E-state index contributed by atoms with van der Waals surface area (Å²) in [5, 5.41) is 0. The fourth-order valence-electron chi connectivity index (χ4n) is 3.76. The lowest BCUT2D eigenvalue weighted by Crippen LogP contribution is -2.40. The van der Waals surface area contributed by atoms with Crippen molar-refractivity contribution < 1.29 is 0 Å². The Balaban J connectivity index is 2.06. The molecule has 0 atom stereocenters. The van der Waals surface area contributed by atoms with Crippen molar-refractivity contribution in [2.75, 3.05) is 0 Å². The van der Waals surface area contributed by atoms with E-state index in [-0.39, 0.29) is 4.87 Å². The highest BCUT2D eigenvalue weighted by Crippen LogP contribution is 2.47. The van der Waals surface area contributed by atoms with E-state index in [0.29, 0.717) is 11.8 Å². The third kappa shape index (κ3) is 2.47. The van der Waals surface area contributed by atoms with E-state index in [0.717, 1.165) is 0 Å². The molecule has 0 aromatic rings. The van der Waals surface area contributed by atoms with Crippen LogP contribution in [0.25, 0.3) is 0 Å². The lowest BCUT2D eigenvalue weighted by atomic mass is 9.69. The maximum atomic E-state index is 6.96. The van der Waals surface area contributed by atoms with Gasteiger partial charge in [0.15, 0.2) is 0 Å². The molecule has 16 heavy (non-hydrogen) atoms. The number of hydrogen-bond donors (Lipinski definition) is 0. The Morgan fingerprint density at radius 3 is 1.50 bits per heavy atom. The predicted molar refractivity (Wildman–Crippen MR) is 71.9 cm³/mol. The van der Waals surface area contributed by atoms with Gasteiger partial charge in [-0.05, 0) is 37.5 Å². The Kier molecular flexibility index (Phi) is 4.35. The molecule has 0 unspecified atom stereocenters. The molecule has 2 saturated carbocycles. The quantitative estimate of drug-likeness (QED) is 0.463. The van der Waals surface area contributed by atoms with Gasteiger partial charge < -0.3 is 0 Å². The highest BCUT2D eigenvalue weighted by atomic mass is 35.5. The Morgan fingerprint density at radius 2 is 1.19 bits per heavy atom. The van der Waals surface area contributed by atoms with Crippen LogP contribution in [0.2, 0.25) is 0 Å². The molecule has 0 amide bonds. The van der Waals surface area contributed by atoms with Gasteiger partial charge in [-0.1, -0.05) is 44.6 Å². The van der Waals surface area contributed by atoms with Crippen molar-refractivity contribution >= 4 is 11.6 Å². The average molecular weight is 241 g/mol. The van der Waals surface area contributed by atoms with Crippen LogP contribution in [0, 0.1) is 11.8 Å². The number of allylic oxidation sites excluding steroid dienone is 1. The first-order valence-electron chi connectivity index (χ1n) is 7.10. The SMILES string of the molecule is C=CC(Cl)(C1CCCCC1)C1CCCCC1. The van der Waals surface area contributed by atoms with E-state index in [1.165, 1.54) is 64.2 Å². The van der Waals surface area contributed by atoms with Crippen LogP contribution in [-0.4, -0.2) is 4.87 Å². The zero-order valence-corrected chi connectivity index (χ0v) is 11.1. The van der Waals surface area contributed by atoms with E-state index in [1.54, 1.807) is 0 Å². The predicted octanol–water partition coefficient (Wildman–Crippen LogP) is 5.31. The summed E-state index contributed by atoms with van der Waals surface area (Å²) in [6.07, 6.45) is 15.7. The molecule has 0 radical (unpaired) electrons. The largest absolute Gasteiger partial charge is 0.114 e. The van der Waals surface area contributed by atoms with Crippen molar-refractivity contribution in [2.45, 2.75) is 69.1 Å². The summed E-state index contributed by atoms with van der Waals surface area (Å²) in [7, 11) is 0. The van der Waals surface area contributed by atoms with Gasteiger partial charge in [0.25, 0.3) is 0 Å². The number of halogens is 1. The zero-order chi connectivity index (χ0) is 11.4. The van der Waals surface area contributed by atoms with E-state index in [9.17, 15) is 0 Å². The van der Waals surface area contributed by atoms with Crippen LogP contribution < -0.4 is 0 Å². The van der Waals surface area contributed by atoms with Crippen molar-refractivity contribution in [1.82, 2.24) is 0 Å². The molecule has 0 aromatic heterocycles. The summed E-state index contributed by atoms with van der Waals surface area (Å²) in [5.74, 6) is 1.40. The Morgan fingerprint density at radius 1 is 0.812 bits per heavy atom. The summed E-state index contributed by atoms with van der Waals surface area (Å²) < 4.78 is 0. The minimum atomic E-state index is -0.0825. The molecule has 0 aromatic carbocycles. The van der Waals surface area contributed by atoms with Gasteiger partial charge in [-0.15, -0.1) is 18.2 Å². The number of rotatable bonds is 3. The van der Waals surface area contributed by atoms with Gasteiger partial charge in [0.2, 0.25) is 0 Å². The van der Waals surface area contributed by atoms with E-state index in [4.69, 9.17) is 11.6 Å². The van der Waals surface area contributed by atoms with Crippen LogP contribution in [0.15, 0.2) is 12.7 Å². The first-order valence-corrected chi connectivity index (χ1v) is 7.47. The number of hydrogen-bond acceptors (Lipinski definition) is 0. The molecule has 0 N–H and O–H groups in total. The molecule has 92 valence electrons. The topological polar surface area (TPSA) is 0 Å². The van der Waals surface area contributed by atoms with Gasteiger partial charge >= 0.3 is 0 Å². The van der Waals surface area contributed by atoms with Crippen molar-refractivity contribution in [3.8, 4) is 0 Å². The van der Waals surface area contributed by atoms with Gasteiger partial charge in [0.05, 0.1) is 4.87 Å². The second-order valence-corrected chi connectivity index (χ2v) is 6.36. The maximum Gasteiger partial charge on any atom is 0.0679 e. The molecule has 2 aliphatic rings. The average Bonchev–Trinajstić information content (AvgIpc) is 2.40. The van der Waals surface area contributed by atoms with Crippen LogP contribution in [0.1, 0.15) is 64.2 Å². The Labute approximate surface area is 105 Å². The summed E-state index contributed by atoms with van der Waals surface area (Å²) in [6.45, 7) is 4.05. The highest BCUT2D eigenvalue weighted by molar-refractivity contribution is 6.25. The summed E-state index contributed by atoms with van der Waals surface area (Å²) >= 11 is 6.96. The van der Waals surface area contributed by atoms with Crippen LogP contribution >= 0.6 is 11.6 Å². The molecule has 0 nitrogen and oxygen atoms in total. The van der Waals surface area contributed by atoms with E-state index in [2.05, 4.69) is 12.7 Å². The summed E-state index contributed by atoms with van der Waals surface area (Å²) in [6, 6.07) is 0. The lowest BCUT2D eigenvalue weighted by Gasteiger charge is -2.43. The van der Waals surface area contributed by atoms with Crippen LogP contribution in [0.5, 0.6) is 0 Å². The zero-order valence-electron chi connectivity index (χ0n) is 10.4. The van der Waals surface area contributed by atoms with Gasteiger partial charge in [-0.3, -0.25) is 0 Å². The van der Waals surface area contributed by atoms with Crippen molar-refractivity contribution in [3.05, 3.63) is 12.7 Å². The van der Waals surface area contributed by atoms with E-state index in [1.807, 2.05) is 0 Å². The second kappa shape index (κ2) is 5.58. The molecule has 2 rings (SSSR count). The van der Waals surface area contributed by atoms with Crippen molar-refractivity contribution in [1.29, 1.82) is 0 Å². The molecule has 0 heterocycles. The van der Waals surface area contributed by atoms with E-state index >= 15 is 0 Å². The number of alkyl halides is 1. The molecular weight excluding hydrogens is 216 g/mol. The minimum absolute atomic E-state index is 0.0825. The van der Waals surface area contributed by atoms with Crippen LogP contribution in [-0.2, 0) is 0 Å². The highest BCUT2D eigenvalue weighted by Gasteiger charge is 2.41. The van der Waals surface area contributed by atoms with E-state index < -0.39 is 0 Å². The van der Waals surface area contributed by atoms with Gasteiger partial charge in [0, 0.05) is 0 Å². The second-order valence-electron chi connectivity index (χ2n) is 5.70. The molecule has 1 heteroatoms. The third-order valence-corrected chi connectivity index (χ3v) is 5.55. The molecule has 2 aliphatic carbocycles. The monoisotopic (exact) mass is 240 g/mol. The summed E-state index contributed by atoms with van der Waals surface area (Å²) in [5.41, 5.74) is 0. The molecule has 0 spiro atoms. The first-order chi connectivity index (χ1) is 7.77. The maximum absolute atomic E-state index is 6.96. The fourth-order valence-corrected chi connectivity index (χ4v) is 4.19. The van der Waals surface area contributed by atoms with Crippen molar-refractivity contribution in [3.63, 3.8) is 0 Å². The standard InChI is InChI=1S/C15H25Cl/c1-2-15(16,13-9-5-3-6-10-13)14-11-7-4-8-12-14/h2,13-14H,1,3-12H2. The molecule has 0 saturated heterocycles. The smallest absolute Gasteiger partial charge is 0.0679 e. The fraction of sp³-hybridized carbons (Fsp3) is 0.867. The first kappa shape index (κ1) is 12.5. The minimum Gasteiger partial charge on any atom is -0.114 e. The van der Waals surface area contributed by atoms with Crippen LogP contribution in [0.3, 0.4) is 0 Å². The molecule has 2 fully saturated rings. The summed E-state index contributed by atoms with van der Waals surface area (Å²) in [4.78, 5) is -0.0825. The Hall–Kier alpha value is 0.0300. The molecular formula is C15H25Cl. The van der Waals surface area contributed by atoms with Crippen molar-refractivity contribution in [2.24, 2.45) is 11.8 Å². The van der Waals surface area contributed by atoms with Crippen LogP contribution in [0.4, 0.5) is 0 Å². The normalized spacial score (nSPS) is 25.6. The van der Waals surface area contributed by atoms with Gasteiger partial charge in [0.1, 0.15) is 0 Å². The van der Waals surface area contributed by atoms with Gasteiger partial charge in [-0.2, -0.15) is 0 Å². The third-order valence-electron chi connectivity index (χ3n) is 4.77. The Bertz CT molecular complexity index is 204. The molecule has 0 bridgehead atoms. The lowest BCUT2D eigenvalue weighted by molar-refractivity contribution is 0.204. The molecule has 0 aliphatic heterocycles.